The molecule has 0 aliphatic carbocycles. The van der Waals surface area contributed by atoms with Gasteiger partial charge in [0.1, 0.15) is 0 Å². The number of benzene rings is 2. The Morgan fingerprint density at radius 1 is 1.04 bits per heavy atom. The van der Waals surface area contributed by atoms with Crippen molar-refractivity contribution in [2.75, 3.05) is 20.8 Å². The van der Waals surface area contributed by atoms with Gasteiger partial charge in [-0.05, 0) is 42.3 Å². The molecule has 6 heteroatoms. The van der Waals surface area contributed by atoms with Crippen LogP contribution in [0.2, 0.25) is 0 Å². The van der Waals surface area contributed by atoms with Gasteiger partial charge < -0.3 is 20.1 Å². The van der Waals surface area contributed by atoms with Crippen LogP contribution >= 0.6 is 0 Å². The van der Waals surface area contributed by atoms with E-state index in [1.54, 1.807) is 20.3 Å². The molecule has 2 N–H and O–H groups in total. The van der Waals surface area contributed by atoms with Crippen molar-refractivity contribution in [3.05, 3.63) is 59.2 Å². The number of nitrogens with one attached hydrogen (secondary N) is 2. The van der Waals surface area contributed by atoms with Crippen molar-refractivity contribution < 1.29 is 9.47 Å². The minimum atomic E-state index is 0.497. The molecule has 0 aliphatic heterocycles. The van der Waals surface area contributed by atoms with Crippen molar-refractivity contribution >= 4 is 5.96 Å². The molecule has 0 saturated heterocycles. The van der Waals surface area contributed by atoms with Crippen LogP contribution < -0.4 is 20.1 Å². The zero-order valence-corrected chi connectivity index (χ0v) is 15.4. The van der Waals surface area contributed by atoms with Crippen molar-refractivity contribution in [3.63, 3.8) is 0 Å². The van der Waals surface area contributed by atoms with E-state index < -0.39 is 0 Å². The second-order valence-corrected chi connectivity index (χ2v) is 5.55. The molecular weight excluding hydrogens is 328 g/mol. The fourth-order valence-electron chi connectivity index (χ4n) is 2.43. The Morgan fingerprint density at radius 3 is 2.54 bits per heavy atom. The number of methoxy groups -OCH3 is 2. The number of aliphatic imine (C=N–C) groups is 1. The van der Waals surface area contributed by atoms with Crippen LogP contribution in [0.25, 0.3) is 0 Å². The van der Waals surface area contributed by atoms with Crippen molar-refractivity contribution in [1.82, 2.24) is 10.6 Å². The summed E-state index contributed by atoms with van der Waals surface area (Å²) in [5, 5.41) is 15.5. The van der Waals surface area contributed by atoms with E-state index in [-0.39, 0.29) is 0 Å². The molecule has 136 valence electrons. The number of hydrogen-bond donors (Lipinski definition) is 2. The minimum Gasteiger partial charge on any atom is -0.493 e. The molecule has 0 saturated carbocycles. The van der Waals surface area contributed by atoms with E-state index >= 15 is 0 Å². The van der Waals surface area contributed by atoms with Crippen molar-refractivity contribution in [1.29, 1.82) is 5.26 Å². The van der Waals surface area contributed by atoms with E-state index in [4.69, 9.17) is 14.7 Å². The van der Waals surface area contributed by atoms with Crippen molar-refractivity contribution in [3.8, 4) is 17.6 Å². The molecule has 0 spiro atoms. The topological polar surface area (TPSA) is 78.7 Å². The molecule has 2 rings (SSSR count). The lowest BCUT2D eigenvalue weighted by Crippen LogP contribution is -2.36. The Morgan fingerprint density at radius 2 is 1.85 bits per heavy atom. The van der Waals surface area contributed by atoms with Crippen LogP contribution in [0, 0.1) is 11.3 Å². The number of rotatable bonds is 7. The maximum atomic E-state index is 8.98. The quantitative estimate of drug-likeness (QED) is 0.592. The van der Waals surface area contributed by atoms with Gasteiger partial charge in [-0.2, -0.15) is 5.26 Å². The van der Waals surface area contributed by atoms with Crippen LogP contribution in [-0.2, 0) is 13.1 Å². The smallest absolute Gasteiger partial charge is 0.191 e. The summed E-state index contributed by atoms with van der Waals surface area (Å²) in [6, 6.07) is 15.4. The zero-order chi connectivity index (χ0) is 18.8. The standard InChI is InChI=1S/C20H24N4O2/c1-4-22-20(23-13-16-7-5-6-15(10-16)12-21)24-14-17-8-9-18(25-2)19(11-17)26-3/h5-11H,4,13-14H2,1-3H3,(H2,22,23,24). The summed E-state index contributed by atoms with van der Waals surface area (Å²) in [7, 11) is 3.24. The molecule has 0 aliphatic rings. The third-order valence-corrected chi connectivity index (χ3v) is 3.73. The first-order chi connectivity index (χ1) is 12.7. The highest BCUT2D eigenvalue weighted by molar-refractivity contribution is 5.79. The van der Waals surface area contributed by atoms with Crippen molar-refractivity contribution in [2.45, 2.75) is 20.0 Å². The Kier molecular flexibility index (Phi) is 7.31. The lowest BCUT2D eigenvalue weighted by Gasteiger charge is -2.13. The van der Waals surface area contributed by atoms with E-state index in [0.29, 0.717) is 36.1 Å². The van der Waals surface area contributed by atoms with E-state index in [1.807, 2.05) is 43.3 Å². The monoisotopic (exact) mass is 352 g/mol. The average molecular weight is 352 g/mol. The fraction of sp³-hybridized carbons (Fsp3) is 0.300. The minimum absolute atomic E-state index is 0.497. The Balaban J connectivity index is 2.04. The summed E-state index contributed by atoms with van der Waals surface area (Å²) >= 11 is 0. The predicted molar refractivity (Wildman–Crippen MR) is 102 cm³/mol. The number of guanidine groups is 1. The molecule has 0 heterocycles. The number of ether oxygens (including phenoxy) is 2. The first-order valence-electron chi connectivity index (χ1n) is 8.42. The predicted octanol–water partition coefficient (Wildman–Crippen LogP) is 2.83. The van der Waals surface area contributed by atoms with Crippen LogP contribution in [-0.4, -0.2) is 26.7 Å². The number of hydrogen-bond acceptors (Lipinski definition) is 4. The Labute approximate surface area is 154 Å². The second kappa shape index (κ2) is 9.94. The third kappa shape index (κ3) is 5.42. The van der Waals surface area contributed by atoms with E-state index in [1.165, 1.54) is 0 Å². The molecule has 0 amide bonds. The molecule has 0 atom stereocenters. The highest BCUT2D eigenvalue weighted by atomic mass is 16.5. The maximum Gasteiger partial charge on any atom is 0.191 e. The van der Waals surface area contributed by atoms with Gasteiger partial charge in [0, 0.05) is 13.1 Å². The van der Waals surface area contributed by atoms with E-state index in [2.05, 4.69) is 21.7 Å². The summed E-state index contributed by atoms with van der Waals surface area (Å²) in [5.74, 6) is 2.11. The van der Waals surface area contributed by atoms with Gasteiger partial charge in [0.15, 0.2) is 17.5 Å². The summed E-state index contributed by atoms with van der Waals surface area (Å²) in [4.78, 5) is 4.58. The molecular formula is C20H24N4O2. The summed E-state index contributed by atoms with van der Waals surface area (Å²) in [6.07, 6.45) is 0. The second-order valence-electron chi connectivity index (χ2n) is 5.55. The van der Waals surface area contributed by atoms with Gasteiger partial charge >= 0.3 is 0 Å². The van der Waals surface area contributed by atoms with Gasteiger partial charge in [-0.25, -0.2) is 4.99 Å². The summed E-state index contributed by atoms with van der Waals surface area (Å²) in [6.45, 7) is 3.88. The van der Waals surface area contributed by atoms with E-state index in [0.717, 1.165) is 17.7 Å². The van der Waals surface area contributed by atoms with Crippen LogP contribution in [0.1, 0.15) is 23.6 Å². The first kappa shape index (κ1) is 19.1. The molecule has 0 radical (unpaired) electrons. The normalized spacial score (nSPS) is 10.8. The molecule has 0 unspecified atom stereocenters. The molecule has 0 fully saturated rings. The molecule has 26 heavy (non-hydrogen) atoms. The van der Waals surface area contributed by atoms with Gasteiger partial charge in [0.2, 0.25) is 0 Å². The van der Waals surface area contributed by atoms with E-state index in [9.17, 15) is 0 Å². The molecule has 0 aromatic heterocycles. The van der Waals surface area contributed by atoms with Crippen LogP contribution in [0.4, 0.5) is 0 Å². The highest BCUT2D eigenvalue weighted by Gasteiger charge is 2.05. The van der Waals surface area contributed by atoms with Gasteiger partial charge in [0.05, 0.1) is 32.4 Å². The highest BCUT2D eigenvalue weighted by Crippen LogP contribution is 2.27. The third-order valence-electron chi connectivity index (χ3n) is 3.73. The van der Waals surface area contributed by atoms with Gasteiger partial charge in [-0.15, -0.1) is 0 Å². The summed E-state index contributed by atoms with van der Waals surface area (Å²) in [5.41, 5.74) is 2.69. The summed E-state index contributed by atoms with van der Waals surface area (Å²) < 4.78 is 10.6. The van der Waals surface area contributed by atoms with Gasteiger partial charge in [-0.3, -0.25) is 0 Å². The fourth-order valence-corrected chi connectivity index (χ4v) is 2.43. The molecule has 2 aromatic rings. The molecule has 0 bridgehead atoms. The van der Waals surface area contributed by atoms with Crippen LogP contribution in [0.15, 0.2) is 47.5 Å². The van der Waals surface area contributed by atoms with Crippen molar-refractivity contribution in [2.24, 2.45) is 4.99 Å². The Bertz CT molecular complexity index is 797. The molecule has 6 nitrogen and oxygen atoms in total. The zero-order valence-electron chi connectivity index (χ0n) is 15.4. The largest absolute Gasteiger partial charge is 0.493 e. The van der Waals surface area contributed by atoms with Crippen LogP contribution in [0.5, 0.6) is 11.5 Å². The van der Waals surface area contributed by atoms with Gasteiger partial charge in [0.25, 0.3) is 0 Å². The lowest BCUT2D eigenvalue weighted by atomic mass is 10.1. The Hall–Kier alpha value is -3.20. The maximum absolute atomic E-state index is 8.98. The molecule has 2 aromatic carbocycles. The number of nitriles is 1. The average Bonchev–Trinajstić information content (AvgIpc) is 2.69. The van der Waals surface area contributed by atoms with Gasteiger partial charge in [-0.1, -0.05) is 18.2 Å². The number of nitrogens with zero attached hydrogens (tertiary/aromatic N) is 2. The first-order valence-corrected chi connectivity index (χ1v) is 8.42. The lowest BCUT2D eigenvalue weighted by molar-refractivity contribution is 0.354. The van der Waals surface area contributed by atoms with Crippen LogP contribution in [0.3, 0.4) is 0 Å². The SMILES string of the molecule is CCNC(=NCc1cccc(C#N)c1)NCc1ccc(OC)c(OC)c1.